The van der Waals surface area contributed by atoms with Gasteiger partial charge in [0, 0.05) is 23.6 Å². The second kappa shape index (κ2) is 6.43. The lowest BCUT2D eigenvalue weighted by Crippen LogP contribution is -2.25. The number of carbonyl (C=O) groups excluding carboxylic acids is 1. The summed E-state index contributed by atoms with van der Waals surface area (Å²) in [6.07, 6.45) is 0. The molecular formula is C13H10Cl2N2O3S. The summed E-state index contributed by atoms with van der Waals surface area (Å²) < 4.78 is 0.646. The second-order valence-electron chi connectivity index (χ2n) is 4.29. The number of benzene rings is 1. The molecule has 0 spiro atoms. The van der Waals surface area contributed by atoms with Gasteiger partial charge in [-0.2, -0.15) is 0 Å². The summed E-state index contributed by atoms with van der Waals surface area (Å²) in [7, 11) is 1.62. The van der Waals surface area contributed by atoms with Gasteiger partial charge in [-0.25, -0.2) is 0 Å². The molecule has 0 bridgehead atoms. The fourth-order valence-electron chi connectivity index (χ4n) is 1.75. The molecule has 21 heavy (non-hydrogen) atoms. The summed E-state index contributed by atoms with van der Waals surface area (Å²) in [5.74, 6) is -0.320. The number of thiophene rings is 1. The van der Waals surface area contributed by atoms with Crippen molar-refractivity contribution in [2.75, 3.05) is 7.05 Å². The van der Waals surface area contributed by atoms with Crippen molar-refractivity contribution < 1.29 is 9.72 Å². The minimum absolute atomic E-state index is 0.00393. The molecule has 8 heteroatoms. The Hall–Kier alpha value is -1.63. The van der Waals surface area contributed by atoms with E-state index in [0.29, 0.717) is 10.9 Å². The van der Waals surface area contributed by atoms with Crippen LogP contribution in [0.3, 0.4) is 0 Å². The fraction of sp³-hybridized carbons (Fsp3) is 0.154. The van der Waals surface area contributed by atoms with E-state index in [9.17, 15) is 14.9 Å². The number of amides is 1. The fourth-order valence-corrected chi connectivity index (χ4v) is 3.08. The predicted octanol–water partition coefficient (Wildman–Crippen LogP) is 4.24. The second-order valence-corrected chi connectivity index (χ2v) is 6.50. The maximum Gasteiger partial charge on any atom is 0.288 e. The van der Waals surface area contributed by atoms with Crippen LogP contribution >= 0.6 is 34.5 Å². The van der Waals surface area contributed by atoms with E-state index < -0.39 is 4.92 Å². The minimum atomic E-state index is -0.613. The van der Waals surface area contributed by atoms with Crippen LogP contribution in [0.15, 0.2) is 30.3 Å². The van der Waals surface area contributed by atoms with E-state index in [2.05, 4.69) is 0 Å². The number of nitro groups is 1. The van der Waals surface area contributed by atoms with Gasteiger partial charge in [0.2, 0.25) is 0 Å². The van der Waals surface area contributed by atoms with Gasteiger partial charge in [-0.15, -0.1) is 11.3 Å². The number of hydrogen-bond donors (Lipinski definition) is 0. The van der Waals surface area contributed by atoms with Crippen molar-refractivity contribution >= 4 is 46.1 Å². The summed E-state index contributed by atoms with van der Waals surface area (Å²) in [6, 6.07) is 7.59. The van der Waals surface area contributed by atoms with E-state index >= 15 is 0 Å². The van der Waals surface area contributed by atoms with Gasteiger partial charge in [0.25, 0.3) is 11.6 Å². The van der Waals surface area contributed by atoms with Crippen molar-refractivity contribution in [3.05, 3.63) is 60.2 Å². The third-order valence-electron chi connectivity index (χ3n) is 2.76. The zero-order chi connectivity index (χ0) is 15.6. The van der Waals surface area contributed by atoms with Crippen LogP contribution in [-0.4, -0.2) is 22.8 Å². The highest BCUT2D eigenvalue weighted by molar-refractivity contribution is 7.16. The molecule has 0 atom stereocenters. The highest BCUT2D eigenvalue weighted by atomic mass is 35.5. The first-order valence-electron chi connectivity index (χ1n) is 5.82. The van der Waals surface area contributed by atoms with Crippen molar-refractivity contribution in [3.8, 4) is 0 Å². The van der Waals surface area contributed by atoms with E-state index in [-0.39, 0.29) is 22.2 Å². The molecule has 1 amide bonds. The van der Waals surface area contributed by atoms with Gasteiger partial charge in [0.15, 0.2) is 0 Å². The van der Waals surface area contributed by atoms with Crippen molar-refractivity contribution in [3.63, 3.8) is 0 Å². The number of nitrogens with zero attached hydrogens (tertiary/aromatic N) is 2. The molecule has 0 aliphatic rings. The Morgan fingerprint density at radius 3 is 2.62 bits per heavy atom. The van der Waals surface area contributed by atoms with Gasteiger partial charge in [-0.1, -0.05) is 23.2 Å². The SMILES string of the molecule is CN(Cc1ccc(Cl)s1)C(=O)c1ccc(Cl)c([N+](=O)[O-])c1. The van der Waals surface area contributed by atoms with E-state index in [1.54, 1.807) is 13.1 Å². The van der Waals surface area contributed by atoms with Crippen molar-refractivity contribution in [1.29, 1.82) is 0 Å². The van der Waals surface area contributed by atoms with Crippen LogP contribution < -0.4 is 0 Å². The molecule has 0 fully saturated rings. The first-order valence-corrected chi connectivity index (χ1v) is 7.39. The molecule has 1 heterocycles. The van der Waals surface area contributed by atoms with Crippen LogP contribution in [0.5, 0.6) is 0 Å². The zero-order valence-electron chi connectivity index (χ0n) is 10.9. The lowest BCUT2D eigenvalue weighted by molar-refractivity contribution is -0.384. The quantitative estimate of drug-likeness (QED) is 0.615. The maximum atomic E-state index is 12.3. The molecule has 2 aromatic rings. The molecular weight excluding hydrogens is 335 g/mol. The Balaban J connectivity index is 2.19. The maximum absolute atomic E-state index is 12.3. The van der Waals surface area contributed by atoms with E-state index in [1.165, 1.54) is 34.4 Å². The topological polar surface area (TPSA) is 63.5 Å². The molecule has 0 saturated carbocycles. The first kappa shape index (κ1) is 15.8. The Kier molecular flexibility index (Phi) is 4.82. The smallest absolute Gasteiger partial charge is 0.288 e. The molecule has 0 N–H and O–H groups in total. The monoisotopic (exact) mass is 344 g/mol. The number of halogens is 2. The normalized spacial score (nSPS) is 10.4. The van der Waals surface area contributed by atoms with Gasteiger partial charge in [0.05, 0.1) is 15.8 Å². The van der Waals surface area contributed by atoms with Crippen LogP contribution in [0.2, 0.25) is 9.36 Å². The molecule has 0 saturated heterocycles. The van der Waals surface area contributed by atoms with Crippen molar-refractivity contribution in [1.82, 2.24) is 4.90 Å². The van der Waals surface area contributed by atoms with E-state index in [4.69, 9.17) is 23.2 Å². The average molecular weight is 345 g/mol. The van der Waals surface area contributed by atoms with Crippen LogP contribution in [0.25, 0.3) is 0 Å². The number of rotatable bonds is 4. The lowest BCUT2D eigenvalue weighted by atomic mass is 10.2. The third-order valence-corrected chi connectivity index (χ3v) is 4.29. The summed E-state index contributed by atoms with van der Waals surface area (Å²) in [5, 5.41) is 10.8. The molecule has 1 aromatic heterocycles. The predicted molar refractivity (Wildman–Crippen MR) is 83.2 cm³/mol. The summed E-state index contributed by atoms with van der Waals surface area (Å²) in [6.45, 7) is 0.382. The highest BCUT2D eigenvalue weighted by Gasteiger charge is 2.19. The molecule has 0 unspecified atom stereocenters. The Morgan fingerprint density at radius 2 is 2.05 bits per heavy atom. The van der Waals surface area contributed by atoms with E-state index in [0.717, 1.165) is 4.88 Å². The van der Waals surface area contributed by atoms with Crippen LogP contribution in [0.1, 0.15) is 15.2 Å². The molecule has 0 aliphatic carbocycles. The Morgan fingerprint density at radius 1 is 1.33 bits per heavy atom. The number of hydrogen-bond acceptors (Lipinski definition) is 4. The molecule has 0 aliphatic heterocycles. The minimum Gasteiger partial charge on any atom is -0.337 e. The van der Waals surface area contributed by atoms with Crippen LogP contribution in [0.4, 0.5) is 5.69 Å². The number of carbonyl (C=O) groups is 1. The highest BCUT2D eigenvalue weighted by Crippen LogP contribution is 2.26. The standard InChI is InChI=1S/C13H10Cl2N2O3S/c1-16(7-9-3-5-12(15)21-9)13(18)8-2-4-10(14)11(6-8)17(19)20/h2-6H,7H2,1H3. The van der Waals surface area contributed by atoms with Crippen LogP contribution in [0, 0.1) is 10.1 Å². The summed E-state index contributed by atoms with van der Waals surface area (Å²) >= 11 is 12.9. The zero-order valence-corrected chi connectivity index (χ0v) is 13.2. The average Bonchev–Trinajstić information content (AvgIpc) is 2.83. The summed E-state index contributed by atoms with van der Waals surface area (Å²) in [4.78, 5) is 24.9. The largest absolute Gasteiger partial charge is 0.337 e. The molecule has 5 nitrogen and oxygen atoms in total. The van der Waals surface area contributed by atoms with Gasteiger partial charge < -0.3 is 4.90 Å². The van der Waals surface area contributed by atoms with Crippen molar-refractivity contribution in [2.45, 2.75) is 6.54 Å². The molecule has 1 aromatic carbocycles. The van der Waals surface area contributed by atoms with Gasteiger partial charge in [0.1, 0.15) is 5.02 Å². The van der Waals surface area contributed by atoms with Crippen molar-refractivity contribution in [2.24, 2.45) is 0 Å². The van der Waals surface area contributed by atoms with Gasteiger partial charge in [-0.05, 0) is 24.3 Å². The van der Waals surface area contributed by atoms with E-state index in [1.807, 2.05) is 6.07 Å². The molecule has 0 radical (unpaired) electrons. The first-order chi connectivity index (χ1) is 9.88. The number of nitro benzene ring substituents is 1. The third kappa shape index (κ3) is 3.72. The summed E-state index contributed by atoms with van der Waals surface area (Å²) in [5.41, 5.74) is -0.0636. The molecule has 2 rings (SSSR count). The molecule has 110 valence electrons. The van der Waals surface area contributed by atoms with Gasteiger partial charge in [-0.3, -0.25) is 14.9 Å². The Labute approximate surface area is 134 Å². The van der Waals surface area contributed by atoms with Crippen LogP contribution in [-0.2, 0) is 6.54 Å². The lowest BCUT2D eigenvalue weighted by Gasteiger charge is -2.16. The Bertz CT molecular complexity index is 702. The van der Waals surface area contributed by atoms with Gasteiger partial charge >= 0.3 is 0 Å².